The minimum atomic E-state index is -0.376. The van der Waals surface area contributed by atoms with Gasteiger partial charge in [0, 0.05) is 11.3 Å². The smallest absolute Gasteiger partial charge is 0.257 e. The summed E-state index contributed by atoms with van der Waals surface area (Å²) in [6.45, 7) is 0. The van der Waals surface area contributed by atoms with Crippen LogP contribution >= 0.6 is 23.2 Å². The van der Waals surface area contributed by atoms with E-state index >= 15 is 0 Å². The van der Waals surface area contributed by atoms with Crippen molar-refractivity contribution < 1.29 is 10.0 Å². The van der Waals surface area contributed by atoms with Crippen LogP contribution in [0.15, 0.2) is 47.6 Å². The molecule has 2 aromatic rings. The van der Waals surface area contributed by atoms with E-state index in [1.54, 1.807) is 42.5 Å². The maximum absolute atomic E-state index is 12.1. The molecule has 7 heteroatoms. The molecular weight excluding hydrogens is 313 g/mol. The van der Waals surface area contributed by atoms with Crippen LogP contribution in [0.1, 0.15) is 15.9 Å². The molecule has 0 aliphatic carbocycles. The minimum absolute atomic E-state index is 0.00855. The van der Waals surface area contributed by atoms with Crippen LogP contribution in [-0.4, -0.2) is 17.0 Å². The van der Waals surface area contributed by atoms with Gasteiger partial charge < -0.3 is 16.3 Å². The summed E-state index contributed by atoms with van der Waals surface area (Å²) in [5.74, 6) is -0.384. The Kier molecular flexibility index (Phi) is 4.67. The first-order valence-electron chi connectivity index (χ1n) is 5.86. The zero-order valence-corrected chi connectivity index (χ0v) is 12.2. The third kappa shape index (κ3) is 3.45. The summed E-state index contributed by atoms with van der Waals surface area (Å²) in [6, 6.07) is 11.3. The summed E-state index contributed by atoms with van der Waals surface area (Å²) in [7, 11) is 0. The monoisotopic (exact) mass is 323 g/mol. The molecule has 0 aliphatic heterocycles. The molecule has 0 heterocycles. The van der Waals surface area contributed by atoms with Crippen LogP contribution in [0, 0.1) is 0 Å². The number of nitrogens with one attached hydrogen (secondary N) is 1. The summed E-state index contributed by atoms with van der Waals surface area (Å²) in [6.07, 6.45) is 0. The number of carbonyl (C=O) groups excluding carboxylic acids is 1. The van der Waals surface area contributed by atoms with Gasteiger partial charge in [0.15, 0.2) is 5.84 Å². The van der Waals surface area contributed by atoms with Crippen molar-refractivity contribution in [2.75, 3.05) is 5.32 Å². The van der Waals surface area contributed by atoms with Crippen LogP contribution in [0.25, 0.3) is 0 Å². The topological polar surface area (TPSA) is 87.7 Å². The van der Waals surface area contributed by atoms with Gasteiger partial charge in [0.05, 0.1) is 15.6 Å². The van der Waals surface area contributed by atoms with E-state index in [-0.39, 0.29) is 22.3 Å². The molecule has 5 nitrogen and oxygen atoms in total. The number of rotatable bonds is 3. The third-order valence-corrected chi connectivity index (χ3v) is 3.56. The van der Waals surface area contributed by atoms with E-state index in [9.17, 15) is 4.79 Å². The lowest BCUT2D eigenvalue weighted by atomic mass is 10.1. The van der Waals surface area contributed by atoms with Gasteiger partial charge in [-0.15, -0.1) is 0 Å². The van der Waals surface area contributed by atoms with Crippen molar-refractivity contribution in [3.05, 3.63) is 63.6 Å². The quantitative estimate of drug-likeness (QED) is 0.350. The number of hydrogen-bond acceptors (Lipinski definition) is 3. The zero-order chi connectivity index (χ0) is 15.4. The number of nitrogens with zero attached hydrogens (tertiary/aromatic N) is 1. The maximum atomic E-state index is 12.1. The van der Waals surface area contributed by atoms with Gasteiger partial charge in [0.25, 0.3) is 5.91 Å². The van der Waals surface area contributed by atoms with Gasteiger partial charge in [-0.2, -0.15) is 0 Å². The van der Waals surface area contributed by atoms with E-state index in [4.69, 9.17) is 34.1 Å². The molecule has 0 radical (unpaired) electrons. The fourth-order valence-electron chi connectivity index (χ4n) is 1.66. The SMILES string of the molecule is N/C(=N/O)c1ccc(NC(=O)c2cccc(Cl)c2Cl)cc1. The fraction of sp³-hybridized carbons (Fsp3) is 0. The van der Waals surface area contributed by atoms with Crippen molar-refractivity contribution in [2.45, 2.75) is 0 Å². The average Bonchev–Trinajstić information content (AvgIpc) is 2.50. The summed E-state index contributed by atoms with van der Waals surface area (Å²) in [5.41, 5.74) is 6.82. The van der Waals surface area contributed by atoms with Gasteiger partial charge >= 0.3 is 0 Å². The van der Waals surface area contributed by atoms with E-state index in [2.05, 4.69) is 10.5 Å². The van der Waals surface area contributed by atoms with Crippen molar-refractivity contribution in [3.8, 4) is 0 Å². The first-order valence-corrected chi connectivity index (χ1v) is 6.62. The van der Waals surface area contributed by atoms with Crippen LogP contribution in [-0.2, 0) is 0 Å². The number of amidine groups is 1. The number of nitrogens with two attached hydrogens (primary N) is 1. The fourth-order valence-corrected chi connectivity index (χ4v) is 2.05. The Balaban J connectivity index is 2.18. The molecular formula is C14H11Cl2N3O2. The molecule has 0 atom stereocenters. The normalized spacial score (nSPS) is 11.2. The van der Waals surface area contributed by atoms with Crippen LogP contribution in [0.2, 0.25) is 10.0 Å². The van der Waals surface area contributed by atoms with E-state index in [1.165, 1.54) is 0 Å². The predicted octanol–water partition coefficient (Wildman–Crippen LogP) is 3.34. The molecule has 21 heavy (non-hydrogen) atoms. The first-order chi connectivity index (χ1) is 10.0. The van der Waals surface area contributed by atoms with Gasteiger partial charge in [-0.3, -0.25) is 4.79 Å². The molecule has 2 aromatic carbocycles. The number of hydrogen-bond donors (Lipinski definition) is 3. The Labute approximate surface area is 131 Å². The van der Waals surface area contributed by atoms with E-state index in [0.29, 0.717) is 16.3 Å². The Morgan fingerprint density at radius 1 is 1.14 bits per heavy atom. The highest BCUT2D eigenvalue weighted by Crippen LogP contribution is 2.26. The largest absolute Gasteiger partial charge is 0.409 e. The lowest BCUT2D eigenvalue weighted by Gasteiger charge is -2.08. The highest BCUT2D eigenvalue weighted by atomic mass is 35.5. The Morgan fingerprint density at radius 3 is 2.43 bits per heavy atom. The van der Waals surface area contributed by atoms with Crippen molar-refractivity contribution in [2.24, 2.45) is 10.9 Å². The highest BCUT2D eigenvalue weighted by Gasteiger charge is 2.12. The minimum Gasteiger partial charge on any atom is -0.409 e. The van der Waals surface area contributed by atoms with Crippen LogP contribution in [0.4, 0.5) is 5.69 Å². The van der Waals surface area contributed by atoms with Crippen molar-refractivity contribution in [1.29, 1.82) is 0 Å². The zero-order valence-electron chi connectivity index (χ0n) is 10.7. The summed E-state index contributed by atoms with van der Waals surface area (Å²) >= 11 is 11.9. The average molecular weight is 324 g/mol. The van der Waals surface area contributed by atoms with E-state index in [0.717, 1.165) is 0 Å². The van der Waals surface area contributed by atoms with Crippen LogP contribution in [0.3, 0.4) is 0 Å². The summed E-state index contributed by atoms with van der Waals surface area (Å²) in [4.78, 5) is 12.1. The Morgan fingerprint density at radius 2 is 1.81 bits per heavy atom. The Bertz CT molecular complexity index is 700. The van der Waals surface area contributed by atoms with Crippen molar-refractivity contribution >= 4 is 40.6 Å². The second-order valence-electron chi connectivity index (χ2n) is 4.12. The molecule has 0 aliphatic rings. The second-order valence-corrected chi connectivity index (χ2v) is 4.90. The molecule has 108 valence electrons. The van der Waals surface area contributed by atoms with Gasteiger partial charge in [0.2, 0.25) is 0 Å². The van der Waals surface area contributed by atoms with Gasteiger partial charge in [-0.25, -0.2) is 0 Å². The number of oxime groups is 1. The van der Waals surface area contributed by atoms with Gasteiger partial charge in [-0.05, 0) is 36.4 Å². The number of benzene rings is 2. The number of anilines is 1. The van der Waals surface area contributed by atoms with Gasteiger partial charge in [-0.1, -0.05) is 34.4 Å². The first kappa shape index (κ1) is 15.2. The summed E-state index contributed by atoms with van der Waals surface area (Å²) < 4.78 is 0. The van der Waals surface area contributed by atoms with Gasteiger partial charge in [0.1, 0.15) is 0 Å². The van der Waals surface area contributed by atoms with Crippen molar-refractivity contribution in [1.82, 2.24) is 0 Å². The predicted molar refractivity (Wildman–Crippen MR) is 83.4 cm³/mol. The molecule has 2 rings (SSSR count). The maximum Gasteiger partial charge on any atom is 0.257 e. The lowest BCUT2D eigenvalue weighted by Crippen LogP contribution is -2.14. The third-order valence-electron chi connectivity index (χ3n) is 2.74. The number of carbonyl (C=O) groups is 1. The van der Waals surface area contributed by atoms with Crippen molar-refractivity contribution in [3.63, 3.8) is 0 Å². The van der Waals surface area contributed by atoms with Crippen LogP contribution in [0.5, 0.6) is 0 Å². The molecule has 0 fully saturated rings. The molecule has 4 N–H and O–H groups in total. The number of amides is 1. The molecule has 0 saturated heterocycles. The molecule has 0 aromatic heterocycles. The molecule has 0 unspecified atom stereocenters. The molecule has 0 spiro atoms. The molecule has 1 amide bonds. The molecule has 0 bridgehead atoms. The van der Waals surface area contributed by atoms with Crippen LogP contribution < -0.4 is 11.1 Å². The Hall–Kier alpha value is -2.24. The standard InChI is InChI=1S/C14H11Cl2N3O2/c15-11-3-1-2-10(12(11)16)14(20)18-9-6-4-8(5-7-9)13(17)19-21/h1-7,21H,(H2,17,19)(H,18,20). The lowest BCUT2D eigenvalue weighted by molar-refractivity contribution is 0.102. The molecule has 0 saturated carbocycles. The van der Waals surface area contributed by atoms with E-state index in [1.807, 2.05) is 0 Å². The van der Waals surface area contributed by atoms with E-state index < -0.39 is 0 Å². The highest BCUT2D eigenvalue weighted by molar-refractivity contribution is 6.44. The second kappa shape index (κ2) is 6.47. The summed E-state index contributed by atoms with van der Waals surface area (Å²) in [5, 5.41) is 14.7. The number of halogens is 2.